The molecule has 0 N–H and O–H groups in total. The van der Waals surface area contributed by atoms with Crippen LogP contribution in [0.25, 0.3) is 0 Å². The number of hydrogen-bond acceptors (Lipinski definition) is 4. The average Bonchev–Trinajstić information content (AvgIpc) is 2.68. The van der Waals surface area contributed by atoms with E-state index in [1.807, 2.05) is 35.2 Å². The minimum absolute atomic E-state index is 0.00430. The number of hydrogen-bond donors (Lipinski definition) is 0. The molecule has 1 saturated heterocycles. The van der Waals surface area contributed by atoms with Gasteiger partial charge in [-0.15, -0.1) is 0 Å². The summed E-state index contributed by atoms with van der Waals surface area (Å²) >= 11 is 0. The van der Waals surface area contributed by atoms with Crippen molar-refractivity contribution in [3.8, 4) is 17.2 Å². The summed E-state index contributed by atoms with van der Waals surface area (Å²) in [5, 5.41) is 0. The number of para-hydroxylation sites is 1. The van der Waals surface area contributed by atoms with Crippen LogP contribution in [0.5, 0.6) is 17.2 Å². The zero-order valence-electron chi connectivity index (χ0n) is 14.6. The van der Waals surface area contributed by atoms with Crippen LogP contribution < -0.4 is 14.2 Å². The molecule has 0 radical (unpaired) electrons. The van der Waals surface area contributed by atoms with Crippen molar-refractivity contribution in [2.75, 3.05) is 27.3 Å². The molecular weight excluding hydrogens is 318 g/mol. The fraction of sp³-hybridized carbons (Fsp3) is 0.350. The number of amides is 1. The predicted octanol–water partition coefficient (Wildman–Crippen LogP) is 3.39. The second-order valence-electron chi connectivity index (χ2n) is 6.02. The molecule has 0 unspecified atom stereocenters. The van der Waals surface area contributed by atoms with Crippen LogP contribution in [0, 0.1) is 0 Å². The number of carbonyl (C=O) groups excluding carboxylic acids is 1. The molecule has 1 heterocycles. The van der Waals surface area contributed by atoms with E-state index in [1.54, 1.807) is 32.4 Å². The number of rotatable bonds is 5. The van der Waals surface area contributed by atoms with Crippen molar-refractivity contribution < 1.29 is 19.0 Å². The Morgan fingerprint density at radius 3 is 2.08 bits per heavy atom. The maximum Gasteiger partial charge on any atom is 0.254 e. The van der Waals surface area contributed by atoms with Crippen LogP contribution in [0.15, 0.2) is 48.5 Å². The molecule has 5 heteroatoms. The van der Waals surface area contributed by atoms with Crippen LogP contribution in [0.3, 0.4) is 0 Å². The normalized spacial score (nSPS) is 14.9. The van der Waals surface area contributed by atoms with E-state index >= 15 is 0 Å². The molecule has 25 heavy (non-hydrogen) atoms. The van der Waals surface area contributed by atoms with Gasteiger partial charge in [0.15, 0.2) is 0 Å². The first-order chi connectivity index (χ1) is 12.2. The molecule has 0 saturated carbocycles. The summed E-state index contributed by atoms with van der Waals surface area (Å²) in [5.74, 6) is 2.11. The quantitative estimate of drug-likeness (QED) is 0.836. The summed E-state index contributed by atoms with van der Waals surface area (Å²) in [6.07, 6.45) is 1.79. The van der Waals surface area contributed by atoms with Crippen LogP contribution in [-0.4, -0.2) is 44.2 Å². The Kier molecular flexibility index (Phi) is 5.43. The minimum atomic E-state index is -0.00430. The van der Waals surface area contributed by atoms with Crippen molar-refractivity contribution in [1.82, 2.24) is 4.90 Å². The first kappa shape index (κ1) is 17.1. The van der Waals surface area contributed by atoms with E-state index in [0.717, 1.165) is 18.6 Å². The molecule has 132 valence electrons. The summed E-state index contributed by atoms with van der Waals surface area (Å²) in [7, 11) is 3.16. The molecule has 0 bridgehead atoms. The number of benzene rings is 2. The van der Waals surface area contributed by atoms with E-state index in [9.17, 15) is 4.79 Å². The van der Waals surface area contributed by atoms with Crippen LogP contribution in [0.1, 0.15) is 23.2 Å². The fourth-order valence-corrected chi connectivity index (χ4v) is 2.98. The predicted molar refractivity (Wildman–Crippen MR) is 95.5 cm³/mol. The number of ether oxygens (including phenoxy) is 3. The molecule has 1 amide bonds. The summed E-state index contributed by atoms with van der Waals surface area (Å²) in [5.41, 5.74) is 0.582. The average molecular weight is 341 g/mol. The molecule has 1 aliphatic heterocycles. The van der Waals surface area contributed by atoms with Crippen molar-refractivity contribution in [3.63, 3.8) is 0 Å². The van der Waals surface area contributed by atoms with E-state index in [-0.39, 0.29) is 12.0 Å². The summed E-state index contributed by atoms with van der Waals surface area (Å²) in [6, 6.07) is 15.1. The van der Waals surface area contributed by atoms with Crippen molar-refractivity contribution in [2.24, 2.45) is 0 Å². The molecule has 1 aliphatic rings. The SMILES string of the molecule is COc1cc(OC)cc(C(=O)N2CCC(Oc3ccccc3)CC2)c1. The smallest absolute Gasteiger partial charge is 0.254 e. The lowest BCUT2D eigenvalue weighted by Gasteiger charge is -2.32. The molecule has 2 aromatic carbocycles. The van der Waals surface area contributed by atoms with Gasteiger partial charge in [0.2, 0.25) is 0 Å². The van der Waals surface area contributed by atoms with E-state index < -0.39 is 0 Å². The van der Waals surface area contributed by atoms with Gasteiger partial charge in [0.1, 0.15) is 23.4 Å². The number of nitrogens with zero attached hydrogens (tertiary/aromatic N) is 1. The lowest BCUT2D eigenvalue weighted by atomic mass is 10.1. The van der Waals surface area contributed by atoms with Gasteiger partial charge in [-0.05, 0) is 24.3 Å². The van der Waals surface area contributed by atoms with E-state index in [0.29, 0.717) is 30.2 Å². The molecule has 1 fully saturated rings. The molecule has 2 aromatic rings. The van der Waals surface area contributed by atoms with E-state index in [4.69, 9.17) is 14.2 Å². The molecule has 0 aromatic heterocycles. The standard InChI is InChI=1S/C20H23NO4/c1-23-18-12-15(13-19(14-18)24-2)20(22)21-10-8-17(9-11-21)25-16-6-4-3-5-7-16/h3-7,12-14,17H,8-11H2,1-2H3. The van der Waals surface area contributed by atoms with Gasteiger partial charge < -0.3 is 19.1 Å². The van der Waals surface area contributed by atoms with Crippen molar-refractivity contribution in [2.45, 2.75) is 18.9 Å². The number of carbonyl (C=O) groups is 1. The Morgan fingerprint density at radius 1 is 0.920 bits per heavy atom. The Bertz CT molecular complexity index is 687. The van der Waals surface area contributed by atoms with Gasteiger partial charge in [-0.2, -0.15) is 0 Å². The fourth-order valence-electron chi connectivity index (χ4n) is 2.98. The molecule has 5 nitrogen and oxygen atoms in total. The zero-order chi connectivity index (χ0) is 17.6. The van der Waals surface area contributed by atoms with E-state index in [2.05, 4.69) is 0 Å². The Hall–Kier alpha value is -2.69. The molecule has 0 atom stereocenters. The van der Waals surface area contributed by atoms with Gasteiger partial charge in [-0.25, -0.2) is 0 Å². The van der Waals surface area contributed by atoms with Gasteiger partial charge in [0, 0.05) is 37.6 Å². The third kappa shape index (κ3) is 4.24. The van der Waals surface area contributed by atoms with Gasteiger partial charge in [0.05, 0.1) is 14.2 Å². The second kappa shape index (κ2) is 7.92. The van der Waals surface area contributed by atoms with Crippen LogP contribution in [-0.2, 0) is 0 Å². The highest BCUT2D eigenvalue weighted by Crippen LogP contribution is 2.25. The van der Waals surface area contributed by atoms with Gasteiger partial charge in [0.25, 0.3) is 5.91 Å². The van der Waals surface area contributed by atoms with Crippen molar-refractivity contribution >= 4 is 5.91 Å². The lowest BCUT2D eigenvalue weighted by molar-refractivity contribution is 0.0595. The first-order valence-electron chi connectivity index (χ1n) is 8.43. The molecular formula is C20H23NO4. The summed E-state index contributed by atoms with van der Waals surface area (Å²) in [4.78, 5) is 14.6. The number of piperidine rings is 1. The Labute approximate surface area is 148 Å². The second-order valence-corrected chi connectivity index (χ2v) is 6.02. The molecule has 0 aliphatic carbocycles. The lowest BCUT2D eigenvalue weighted by Crippen LogP contribution is -2.41. The summed E-state index contributed by atoms with van der Waals surface area (Å²) in [6.45, 7) is 1.35. The van der Waals surface area contributed by atoms with Crippen LogP contribution >= 0.6 is 0 Å². The third-order valence-corrected chi connectivity index (χ3v) is 4.37. The van der Waals surface area contributed by atoms with Gasteiger partial charge in [-0.3, -0.25) is 4.79 Å². The van der Waals surface area contributed by atoms with Gasteiger partial charge in [-0.1, -0.05) is 18.2 Å². The van der Waals surface area contributed by atoms with Gasteiger partial charge >= 0.3 is 0 Å². The monoisotopic (exact) mass is 341 g/mol. The topological polar surface area (TPSA) is 48.0 Å². The summed E-state index contributed by atoms with van der Waals surface area (Å²) < 4.78 is 16.5. The first-order valence-corrected chi connectivity index (χ1v) is 8.43. The van der Waals surface area contributed by atoms with Crippen molar-refractivity contribution in [3.05, 3.63) is 54.1 Å². The number of methoxy groups -OCH3 is 2. The third-order valence-electron chi connectivity index (χ3n) is 4.37. The zero-order valence-corrected chi connectivity index (χ0v) is 14.6. The maximum absolute atomic E-state index is 12.8. The highest BCUT2D eigenvalue weighted by Gasteiger charge is 2.25. The number of likely N-dealkylation sites (tertiary alicyclic amines) is 1. The highest BCUT2D eigenvalue weighted by atomic mass is 16.5. The van der Waals surface area contributed by atoms with Crippen LogP contribution in [0.4, 0.5) is 0 Å². The van der Waals surface area contributed by atoms with Crippen LogP contribution in [0.2, 0.25) is 0 Å². The van der Waals surface area contributed by atoms with Crippen molar-refractivity contribution in [1.29, 1.82) is 0 Å². The highest BCUT2D eigenvalue weighted by molar-refractivity contribution is 5.95. The minimum Gasteiger partial charge on any atom is -0.497 e. The molecule has 3 rings (SSSR count). The molecule has 0 spiro atoms. The largest absolute Gasteiger partial charge is 0.497 e. The van der Waals surface area contributed by atoms with E-state index in [1.165, 1.54) is 0 Å². The Morgan fingerprint density at radius 2 is 1.52 bits per heavy atom. The Balaban J connectivity index is 1.62. The maximum atomic E-state index is 12.8.